The number of nitrogens with zero attached hydrogens (tertiary/aromatic N) is 3. The molecule has 0 aliphatic heterocycles. The molecular weight excluding hydrogens is 282 g/mol. The van der Waals surface area contributed by atoms with Crippen LogP contribution in [0.5, 0.6) is 0 Å². The van der Waals surface area contributed by atoms with E-state index in [1.54, 1.807) is 24.7 Å². The fourth-order valence-electron chi connectivity index (χ4n) is 3.33. The number of aliphatic hydroxyl groups is 1. The van der Waals surface area contributed by atoms with E-state index in [9.17, 15) is 5.11 Å². The third-order valence-electron chi connectivity index (χ3n) is 4.35. The van der Waals surface area contributed by atoms with E-state index in [0.29, 0.717) is 17.9 Å². The molecule has 2 atom stereocenters. The van der Waals surface area contributed by atoms with Crippen LogP contribution in [-0.2, 0) is 5.60 Å². The van der Waals surface area contributed by atoms with Crippen LogP contribution in [0.4, 0.5) is 0 Å². The normalized spacial score (nSPS) is 24.7. The van der Waals surface area contributed by atoms with Crippen molar-refractivity contribution in [2.45, 2.75) is 30.8 Å². The quantitative estimate of drug-likeness (QED) is 0.800. The molecule has 0 saturated heterocycles. The number of oxazole rings is 1. The van der Waals surface area contributed by atoms with E-state index >= 15 is 0 Å². The minimum Gasteiger partial charge on any atom is -0.466 e. The summed E-state index contributed by atoms with van der Waals surface area (Å²) in [6.45, 7) is 0. The fraction of sp³-hybridized carbons (Fsp3) is 0.312. The van der Waals surface area contributed by atoms with Crippen molar-refractivity contribution in [1.29, 1.82) is 0 Å². The van der Waals surface area contributed by atoms with Crippen LogP contribution in [0.15, 0.2) is 52.3 Å². The topological polar surface area (TPSA) is 85.2 Å². The summed E-state index contributed by atoms with van der Waals surface area (Å²) in [5.74, 6) is 1.02. The van der Waals surface area contributed by atoms with Crippen LogP contribution in [0.3, 0.4) is 0 Å². The van der Waals surface area contributed by atoms with Gasteiger partial charge >= 0.3 is 0 Å². The first-order valence-electron chi connectivity index (χ1n) is 7.24. The molecule has 0 spiro atoms. The molecule has 1 aliphatic rings. The van der Waals surface area contributed by atoms with Crippen molar-refractivity contribution < 1.29 is 13.9 Å². The first kappa shape index (κ1) is 13.2. The van der Waals surface area contributed by atoms with Crippen LogP contribution in [0.2, 0.25) is 0 Å². The van der Waals surface area contributed by atoms with Crippen molar-refractivity contribution in [2.75, 3.05) is 0 Å². The monoisotopic (exact) mass is 297 g/mol. The summed E-state index contributed by atoms with van der Waals surface area (Å²) in [5.41, 5.74) is 0.479. The lowest BCUT2D eigenvalue weighted by molar-refractivity contribution is 0.00355. The minimum atomic E-state index is -1.05. The van der Waals surface area contributed by atoms with E-state index in [1.807, 2.05) is 6.07 Å². The number of furan rings is 1. The molecule has 2 unspecified atom stereocenters. The summed E-state index contributed by atoms with van der Waals surface area (Å²) in [4.78, 5) is 12.4. The van der Waals surface area contributed by atoms with E-state index in [0.717, 1.165) is 24.1 Å². The molecule has 6 nitrogen and oxygen atoms in total. The van der Waals surface area contributed by atoms with Crippen molar-refractivity contribution in [3.05, 3.63) is 55.0 Å². The number of aromatic nitrogens is 3. The molecular formula is C16H15N3O3. The zero-order chi connectivity index (χ0) is 15.0. The standard InChI is InChI=1S/C16H15N3O3/c20-16(14-4-2-6-21-14)5-1-3-12(16)15-11(7-17-9-19-15)13-8-18-10-22-13/h2,4,6-10,12,20H,1,3,5H2. The molecule has 1 aliphatic carbocycles. The second-order valence-corrected chi connectivity index (χ2v) is 5.53. The van der Waals surface area contributed by atoms with E-state index < -0.39 is 5.60 Å². The highest BCUT2D eigenvalue weighted by Gasteiger charge is 2.47. The molecule has 112 valence electrons. The van der Waals surface area contributed by atoms with E-state index in [-0.39, 0.29) is 5.92 Å². The highest BCUT2D eigenvalue weighted by atomic mass is 16.4. The van der Waals surface area contributed by atoms with Gasteiger partial charge in [-0.05, 0) is 31.4 Å². The van der Waals surface area contributed by atoms with Crippen LogP contribution in [0.1, 0.15) is 36.6 Å². The number of rotatable bonds is 3. The zero-order valence-corrected chi connectivity index (χ0v) is 11.8. The molecule has 0 amide bonds. The summed E-state index contributed by atoms with van der Waals surface area (Å²) in [5, 5.41) is 11.2. The molecule has 1 fully saturated rings. The predicted molar refractivity (Wildman–Crippen MR) is 76.7 cm³/mol. The molecule has 0 radical (unpaired) electrons. The van der Waals surface area contributed by atoms with Gasteiger partial charge in [0.25, 0.3) is 0 Å². The summed E-state index contributed by atoms with van der Waals surface area (Å²) < 4.78 is 10.9. The molecule has 1 saturated carbocycles. The predicted octanol–water partition coefficient (Wildman–Crippen LogP) is 2.88. The van der Waals surface area contributed by atoms with Crippen molar-refractivity contribution >= 4 is 0 Å². The highest BCUT2D eigenvalue weighted by Crippen LogP contribution is 2.50. The molecule has 3 aromatic rings. The third-order valence-corrected chi connectivity index (χ3v) is 4.35. The highest BCUT2D eigenvalue weighted by molar-refractivity contribution is 5.59. The van der Waals surface area contributed by atoms with Crippen LogP contribution in [-0.4, -0.2) is 20.1 Å². The van der Waals surface area contributed by atoms with Crippen LogP contribution in [0, 0.1) is 0 Å². The SMILES string of the molecule is OC1(c2ccco2)CCCC1c1ncncc1-c1cnco1. The summed E-state index contributed by atoms with van der Waals surface area (Å²) in [6.07, 6.45) is 10.2. The molecule has 3 heterocycles. The second kappa shape index (κ2) is 5.06. The van der Waals surface area contributed by atoms with Gasteiger partial charge in [0.1, 0.15) is 17.7 Å². The Bertz CT molecular complexity index is 755. The van der Waals surface area contributed by atoms with Crippen molar-refractivity contribution in [1.82, 2.24) is 15.0 Å². The summed E-state index contributed by atoms with van der Waals surface area (Å²) in [7, 11) is 0. The molecule has 3 aromatic heterocycles. The van der Waals surface area contributed by atoms with Gasteiger partial charge in [-0.3, -0.25) is 0 Å². The van der Waals surface area contributed by atoms with Crippen LogP contribution < -0.4 is 0 Å². The van der Waals surface area contributed by atoms with E-state index in [1.165, 1.54) is 12.7 Å². The molecule has 0 bridgehead atoms. The lowest BCUT2D eigenvalue weighted by atomic mass is 9.84. The molecule has 0 aromatic carbocycles. The Labute approximate surface area is 126 Å². The van der Waals surface area contributed by atoms with Gasteiger partial charge in [-0.1, -0.05) is 0 Å². The summed E-state index contributed by atoms with van der Waals surface area (Å²) >= 11 is 0. The average molecular weight is 297 g/mol. The van der Waals surface area contributed by atoms with Crippen molar-refractivity contribution in [2.24, 2.45) is 0 Å². The van der Waals surface area contributed by atoms with Gasteiger partial charge in [0.2, 0.25) is 0 Å². The van der Waals surface area contributed by atoms with Crippen LogP contribution in [0.25, 0.3) is 11.3 Å². The lowest BCUT2D eigenvalue weighted by Crippen LogP contribution is -2.29. The van der Waals surface area contributed by atoms with E-state index in [4.69, 9.17) is 8.83 Å². The number of hydrogen-bond acceptors (Lipinski definition) is 6. The van der Waals surface area contributed by atoms with Gasteiger partial charge in [-0.15, -0.1) is 0 Å². The van der Waals surface area contributed by atoms with Crippen LogP contribution >= 0.6 is 0 Å². The second-order valence-electron chi connectivity index (χ2n) is 5.53. The molecule has 1 N–H and O–H groups in total. The lowest BCUT2D eigenvalue weighted by Gasteiger charge is -2.28. The Balaban J connectivity index is 1.82. The maximum absolute atomic E-state index is 11.2. The minimum absolute atomic E-state index is 0.165. The Morgan fingerprint density at radius 1 is 1.23 bits per heavy atom. The van der Waals surface area contributed by atoms with Gasteiger partial charge in [0, 0.05) is 12.1 Å². The Morgan fingerprint density at radius 3 is 2.95 bits per heavy atom. The first-order valence-corrected chi connectivity index (χ1v) is 7.24. The molecule has 6 heteroatoms. The fourth-order valence-corrected chi connectivity index (χ4v) is 3.33. The van der Waals surface area contributed by atoms with Crippen molar-refractivity contribution in [3.63, 3.8) is 0 Å². The number of hydrogen-bond donors (Lipinski definition) is 1. The Morgan fingerprint density at radius 2 is 2.18 bits per heavy atom. The summed E-state index contributed by atoms with van der Waals surface area (Å²) in [6, 6.07) is 3.60. The molecule has 4 rings (SSSR count). The van der Waals surface area contributed by atoms with Crippen molar-refractivity contribution in [3.8, 4) is 11.3 Å². The smallest absolute Gasteiger partial charge is 0.181 e. The van der Waals surface area contributed by atoms with Gasteiger partial charge < -0.3 is 13.9 Å². The van der Waals surface area contributed by atoms with E-state index in [2.05, 4.69) is 15.0 Å². The van der Waals surface area contributed by atoms with Gasteiger partial charge in [-0.25, -0.2) is 15.0 Å². The first-order chi connectivity index (χ1) is 10.8. The average Bonchev–Trinajstić information content (AvgIpc) is 3.29. The maximum Gasteiger partial charge on any atom is 0.181 e. The third kappa shape index (κ3) is 1.95. The molecule has 22 heavy (non-hydrogen) atoms. The maximum atomic E-state index is 11.2. The van der Waals surface area contributed by atoms with Gasteiger partial charge in [-0.2, -0.15) is 0 Å². The van der Waals surface area contributed by atoms with Gasteiger partial charge in [0.05, 0.1) is 23.7 Å². The Kier molecular flexibility index (Phi) is 3.04. The largest absolute Gasteiger partial charge is 0.466 e. The zero-order valence-electron chi connectivity index (χ0n) is 11.8. The van der Waals surface area contributed by atoms with Gasteiger partial charge in [0.15, 0.2) is 12.2 Å². The Hall–Kier alpha value is -2.47.